The average molecular weight is 347 g/mol. The fourth-order valence-electron chi connectivity index (χ4n) is 3.29. The van der Waals surface area contributed by atoms with Gasteiger partial charge >= 0.3 is 0 Å². The van der Waals surface area contributed by atoms with Crippen LogP contribution in [0, 0.1) is 11.7 Å². The first-order valence-electron chi connectivity index (χ1n) is 8.06. The van der Waals surface area contributed by atoms with Crippen molar-refractivity contribution in [2.75, 3.05) is 13.1 Å². The van der Waals surface area contributed by atoms with Crippen LogP contribution >= 0.6 is 11.6 Å². The van der Waals surface area contributed by atoms with Gasteiger partial charge in [-0.2, -0.15) is 0 Å². The number of hydrogen-bond donors (Lipinski definition) is 1. The fourth-order valence-corrected chi connectivity index (χ4v) is 3.42. The molecule has 2 unspecified atom stereocenters. The van der Waals surface area contributed by atoms with E-state index in [2.05, 4.69) is 0 Å². The van der Waals surface area contributed by atoms with E-state index in [1.807, 2.05) is 24.3 Å². The summed E-state index contributed by atoms with van der Waals surface area (Å²) in [7, 11) is 0. The Morgan fingerprint density at radius 3 is 2.46 bits per heavy atom. The molecule has 1 fully saturated rings. The summed E-state index contributed by atoms with van der Waals surface area (Å²) < 4.78 is 13.0. The molecule has 3 rings (SSSR count). The minimum absolute atomic E-state index is 0.0413. The predicted molar refractivity (Wildman–Crippen MR) is 93.5 cm³/mol. The molecule has 0 aromatic heterocycles. The Bertz CT molecular complexity index is 702. The average Bonchev–Trinajstić information content (AvgIpc) is 2.56. The van der Waals surface area contributed by atoms with Crippen molar-refractivity contribution in [1.29, 1.82) is 0 Å². The largest absolute Gasteiger partial charge is 0.337 e. The van der Waals surface area contributed by atoms with E-state index >= 15 is 0 Å². The molecule has 0 saturated carbocycles. The van der Waals surface area contributed by atoms with Crippen molar-refractivity contribution in [2.24, 2.45) is 11.7 Å². The molecule has 1 saturated heterocycles. The van der Waals surface area contributed by atoms with Gasteiger partial charge in [-0.3, -0.25) is 4.79 Å². The normalized spacial score (nSPS) is 20.9. The summed E-state index contributed by atoms with van der Waals surface area (Å²) in [6.07, 6.45) is 1.74. The van der Waals surface area contributed by atoms with Gasteiger partial charge in [-0.1, -0.05) is 23.7 Å². The van der Waals surface area contributed by atoms with Gasteiger partial charge in [0.15, 0.2) is 0 Å². The van der Waals surface area contributed by atoms with E-state index in [1.54, 1.807) is 4.90 Å². The molecule has 1 heterocycles. The molecule has 2 aromatic carbocycles. The van der Waals surface area contributed by atoms with Crippen molar-refractivity contribution < 1.29 is 9.18 Å². The maximum absolute atomic E-state index is 13.0. The first kappa shape index (κ1) is 16.9. The summed E-state index contributed by atoms with van der Waals surface area (Å²) >= 11 is 5.92. The van der Waals surface area contributed by atoms with Crippen molar-refractivity contribution >= 4 is 17.5 Å². The van der Waals surface area contributed by atoms with Gasteiger partial charge < -0.3 is 10.6 Å². The van der Waals surface area contributed by atoms with Crippen LogP contribution in [0.2, 0.25) is 5.02 Å². The zero-order valence-electron chi connectivity index (χ0n) is 13.3. The number of carbonyl (C=O) groups is 1. The van der Waals surface area contributed by atoms with E-state index in [-0.39, 0.29) is 17.8 Å². The molecule has 1 amide bonds. The van der Waals surface area contributed by atoms with Crippen LogP contribution in [0.3, 0.4) is 0 Å². The topological polar surface area (TPSA) is 46.3 Å². The highest BCUT2D eigenvalue weighted by Gasteiger charge is 2.28. The number of benzene rings is 2. The van der Waals surface area contributed by atoms with E-state index in [0.717, 1.165) is 12.8 Å². The van der Waals surface area contributed by atoms with E-state index < -0.39 is 0 Å². The fraction of sp³-hybridized carbons (Fsp3) is 0.316. The van der Waals surface area contributed by atoms with Crippen LogP contribution in [-0.4, -0.2) is 29.9 Å². The maximum atomic E-state index is 13.0. The van der Waals surface area contributed by atoms with Crippen molar-refractivity contribution in [3.63, 3.8) is 0 Å². The molecule has 5 heteroatoms. The number of nitrogens with zero attached hydrogens (tertiary/aromatic N) is 1. The van der Waals surface area contributed by atoms with Gasteiger partial charge in [-0.25, -0.2) is 4.39 Å². The first-order valence-corrected chi connectivity index (χ1v) is 8.44. The lowest BCUT2D eigenvalue weighted by Gasteiger charge is -2.36. The third-order valence-corrected chi connectivity index (χ3v) is 4.64. The summed E-state index contributed by atoms with van der Waals surface area (Å²) in [6, 6.07) is 13.4. The molecule has 2 aromatic rings. The highest BCUT2D eigenvalue weighted by Crippen LogP contribution is 2.23. The number of carbonyl (C=O) groups excluding carboxylic acids is 1. The van der Waals surface area contributed by atoms with Gasteiger partial charge in [-0.05, 0) is 60.7 Å². The second-order valence-corrected chi connectivity index (χ2v) is 6.85. The molecule has 0 spiro atoms. The third-order valence-electron chi connectivity index (χ3n) is 4.39. The van der Waals surface area contributed by atoms with Crippen LogP contribution in [0.25, 0.3) is 0 Å². The summed E-state index contributed by atoms with van der Waals surface area (Å²) in [5, 5.41) is 0.715. The van der Waals surface area contributed by atoms with Gasteiger partial charge in [-0.15, -0.1) is 0 Å². The van der Waals surface area contributed by atoms with Crippen LogP contribution in [-0.2, 0) is 6.42 Å². The van der Waals surface area contributed by atoms with Crippen molar-refractivity contribution in [2.45, 2.75) is 18.9 Å². The Labute approximate surface area is 146 Å². The van der Waals surface area contributed by atoms with E-state index in [0.29, 0.717) is 29.6 Å². The molecule has 1 aliphatic heterocycles. The van der Waals surface area contributed by atoms with Gasteiger partial charge in [0.05, 0.1) is 0 Å². The number of piperidine rings is 1. The molecular weight excluding hydrogens is 327 g/mol. The highest BCUT2D eigenvalue weighted by molar-refractivity contribution is 6.30. The van der Waals surface area contributed by atoms with Crippen LogP contribution in [0.1, 0.15) is 22.3 Å². The number of rotatable bonds is 3. The SMILES string of the molecule is NC1CC(Cc2ccc(Cl)cc2)CN(C(=O)c2ccc(F)cc2)C1. The molecular formula is C19H20ClFN2O. The lowest BCUT2D eigenvalue weighted by Crippen LogP contribution is -2.49. The Morgan fingerprint density at radius 2 is 1.79 bits per heavy atom. The molecule has 3 nitrogen and oxygen atoms in total. The van der Waals surface area contributed by atoms with Gasteiger partial charge in [0, 0.05) is 29.7 Å². The Balaban J connectivity index is 1.69. The number of amides is 1. The lowest BCUT2D eigenvalue weighted by atomic mass is 9.88. The van der Waals surface area contributed by atoms with E-state index in [9.17, 15) is 9.18 Å². The number of nitrogens with two attached hydrogens (primary N) is 1. The summed E-state index contributed by atoms with van der Waals surface area (Å²) in [5.74, 6) is -0.131. The minimum Gasteiger partial charge on any atom is -0.337 e. The van der Waals surface area contributed by atoms with Crippen LogP contribution in [0.5, 0.6) is 0 Å². The molecule has 0 radical (unpaired) electrons. The number of hydrogen-bond acceptors (Lipinski definition) is 2. The smallest absolute Gasteiger partial charge is 0.253 e. The Kier molecular flexibility index (Phi) is 5.17. The molecule has 126 valence electrons. The van der Waals surface area contributed by atoms with Gasteiger partial charge in [0.1, 0.15) is 5.82 Å². The van der Waals surface area contributed by atoms with E-state index in [4.69, 9.17) is 17.3 Å². The van der Waals surface area contributed by atoms with Crippen molar-refractivity contribution in [3.05, 3.63) is 70.5 Å². The monoisotopic (exact) mass is 346 g/mol. The number of likely N-dealkylation sites (tertiary alicyclic amines) is 1. The van der Waals surface area contributed by atoms with Crippen LogP contribution in [0.15, 0.2) is 48.5 Å². The quantitative estimate of drug-likeness (QED) is 0.924. The molecule has 1 aliphatic rings. The maximum Gasteiger partial charge on any atom is 0.253 e. The van der Waals surface area contributed by atoms with Gasteiger partial charge in [0.25, 0.3) is 5.91 Å². The third kappa shape index (κ3) is 4.13. The zero-order chi connectivity index (χ0) is 17.1. The predicted octanol–water partition coefficient (Wildman–Crippen LogP) is 3.51. The first-order chi connectivity index (χ1) is 11.5. The lowest BCUT2D eigenvalue weighted by molar-refractivity contribution is 0.0649. The summed E-state index contributed by atoms with van der Waals surface area (Å²) in [5.41, 5.74) is 7.84. The minimum atomic E-state index is -0.345. The molecule has 24 heavy (non-hydrogen) atoms. The molecule has 2 N–H and O–H groups in total. The Morgan fingerprint density at radius 1 is 1.12 bits per heavy atom. The Hall–Kier alpha value is -1.91. The van der Waals surface area contributed by atoms with Crippen molar-refractivity contribution in [1.82, 2.24) is 4.90 Å². The molecule has 0 aliphatic carbocycles. The van der Waals surface area contributed by atoms with Crippen LogP contribution in [0.4, 0.5) is 4.39 Å². The molecule has 2 atom stereocenters. The van der Waals surface area contributed by atoms with Crippen molar-refractivity contribution in [3.8, 4) is 0 Å². The molecule has 0 bridgehead atoms. The number of halogens is 2. The second kappa shape index (κ2) is 7.32. The van der Waals surface area contributed by atoms with Gasteiger partial charge in [0.2, 0.25) is 0 Å². The standard InChI is InChI=1S/C19H20ClFN2O/c20-16-5-1-13(2-6-16)9-14-10-18(22)12-23(11-14)19(24)15-3-7-17(21)8-4-15/h1-8,14,18H,9-12,22H2. The van der Waals surface area contributed by atoms with E-state index in [1.165, 1.54) is 29.8 Å². The highest BCUT2D eigenvalue weighted by atomic mass is 35.5. The zero-order valence-corrected chi connectivity index (χ0v) is 14.0. The van der Waals surface area contributed by atoms with Crippen LogP contribution < -0.4 is 5.73 Å². The summed E-state index contributed by atoms with van der Waals surface area (Å²) in [6.45, 7) is 1.19. The summed E-state index contributed by atoms with van der Waals surface area (Å²) in [4.78, 5) is 14.4. The second-order valence-electron chi connectivity index (χ2n) is 6.41.